The van der Waals surface area contributed by atoms with E-state index in [-0.39, 0.29) is 16.6 Å². The average Bonchev–Trinajstić information content (AvgIpc) is 3.56. The number of fused-ring (bicyclic) bond motifs is 1. The maximum atomic E-state index is 13.3. The summed E-state index contributed by atoms with van der Waals surface area (Å²) in [6, 6.07) is 3.71. The Balaban J connectivity index is 1.10. The maximum absolute atomic E-state index is 13.3. The van der Waals surface area contributed by atoms with E-state index in [4.69, 9.17) is 11.6 Å². The van der Waals surface area contributed by atoms with Gasteiger partial charge in [0, 0.05) is 12.2 Å². The van der Waals surface area contributed by atoms with E-state index in [0.29, 0.717) is 18.8 Å². The van der Waals surface area contributed by atoms with Gasteiger partial charge in [-0.25, -0.2) is 0 Å². The third-order valence-electron chi connectivity index (χ3n) is 9.34. The van der Waals surface area contributed by atoms with Crippen LogP contribution in [-0.4, -0.2) is 52.8 Å². The smallest absolute Gasteiger partial charge is 0.323 e. The minimum absolute atomic E-state index is 0.132. The van der Waals surface area contributed by atoms with Gasteiger partial charge in [-0.1, -0.05) is 11.6 Å². The van der Waals surface area contributed by atoms with Gasteiger partial charge in [-0.2, -0.15) is 18.3 Å². The monoisotopic (exact) mass is 535 g/mol. The molecule has 4 aliphatic rings. The normalized spacial score (nSPS) is 28.2. The highest BCUT2D eigenvalue weighted by molar-refractivity contribution is 6.33. The largest absolute Gasteiger partial charge is 0.416 e. The Hall–Kier alpha value is -2.10. The van der Waals surface area contributed by atoms with Crippen molar-refractivity contribution in [3.63, 3.8) is 0 Å². The van der Waals surface area contributed by atoms with E-state index >= 15 is 0 Å². The highest BCUT2D eigenvalue weighted by atomic mass is 35.5. The first kappa shape index (κ1) is 25.2. The zero-order valence-corrected chi connectivity index (χ0v) is 21.5. The Morgan fingerprint density at radius 3 is 2.43 bits per heavy atom. The summed E-state index contributed by atoms with van der Waals surface area (Å²) < 4.78 is 40.7. The lowest BCUT2D eigenvalue weighted by Gasteiger charge is -2.40. The average molecular weight is 536 g/mol. The van der Waals surface area contributed by atoms with Crippen molar-refractivity contribution in [3.05, 3.63) is 46.7 Å². The fourth-order valence-corrected chi connectivity index (χ4v) is 7.14. The summed E-state index contributed by atoms with van der Waals surface area (Å²) in [7, 11) is 0. The Bertz CT molecular complexity index is 1140. The van der Waals surface area contributed by atoms with Crippen LogP contribution < -0.4 is 10.6 Å². The molecule has 3 heterocycles. The van der Waals surface area contributed by atoms with Crippen molar-refractivity contribution in [1.82, 2.24) is 20.0 Å². The number of piperidine rings is 1. The van der Waals surface area contributed by atoms with Crippen LogP contribution in [0.2, 0.25) is 5.02 Å². The van der Waals surface area contributed by atoms with Gasteiger partial charge in [0.15, 0.2) is 0 Å². The second-order valence-electron chi connectivity index (χ2n) is 11.4. The lowest BCUT2D eigenvalue weighted by molar-refractivity contribution is -0.137. The number of carbonyl (C=O) groups is 1. The Morgan fingerprint density at radius 2 is 1.84 bits per heavy atom. The van der Waals surface area contributed by atoms with Crippen LogP contribution >= 0.6 is 11.6 Å². The lowest BCUT2D eigenvalue weighted by atomic mass is 9.76. The number of nitrogens with zero attached hydrogens (tertiary/aromatic N) is 3. The molecule has 2 saturated heterocycles. The molecule has 2 saturated carbocycles. The second kappa shape index (κ2) is 9.58. The number of halogens is 4. The summed E-state index contributed by atoms with van der Waals surface area (Å²) in [5, 5.41) is 10.8. The Morgan fingerprint density at radius 1 is 1.14 bits per heavy atom. The van der Waals surface area contributed by atoms with Crippen molar-refractivity contribution >= 4 is 23.2 Å². The zero-order chi connectivity index (χ0) is 25.8. The maximum Gasteiger partial charge on any atom is 0.416 e. The molecule has 1 aromatic heterocycles. The third-order valence-corrected chi connectivity index (χ3v) is 9.65. The number of amides is 1. The van der Waals surface area contributed by atoms with Crippen LogP contribution in [0.5, 0.6) is 0 Å². The number of hydrogen-bond acceptors (Lipinski definition) is 4. The molecule has 2 aromatic rings. The van der Waals surface area contributed by atoms with Gasteiger partial charge in [-0.05, 0) is 113 Å². The lowest BCUT2D eigenvalue weighted by Crippen LogP contribution is -2.51. The molecule has 200 valence electrons. The van der Waals surface area contributed by atoms with Crippen LogP contribution in [0.1, 0.15) is 62.0 Å². The fourth-order valence-electron chi connectivity index (χ4n) is 6.92. The molecule has 2 aliphatic heterocycles. The van der Waals surface area contributed by atoms with E-state index < -0.39 is 17.3 Å². The van der Waals surface area contributed by atoms with E-state index in [1.165, 1.54) is 37.6 Å². The number of nitrogens with one attached hydrogen (secondary N) is 2. The number of carbonyl (C=O) groups excluding carboxylic acids is 1. The third kappa shape index (κ3) is 4.68. The molecule has 10 heteroatoms. The predicted octanol–water partition coefficient (Wildman–Crippen LogP) is 5.25. The van der Waals surface area contributed by atoms with Crippen LogP contribution in [0.3, 0.4) is 0 Å². The quantitative estimate of drug-likeness (QED) is 0.549. The van der Waals surface area contributed by atoms with Gasteiger partial charge in [0.2, 0.25) is 0 Å². The summed E-state index contributed by atoms with van der Waals surface area (Å²) >= 11 is 6.08. The van der Waals surface area contributed by atoms with Gasteiger partial charge in [0.1, 0.15) is 5.54 Å². The molecule has 0 bridgehead atoms. The van der Waals surface area contributed by atoms with Crippen molar-refractivity contribution in [2.75, 3.05) is 31.5 Å². The highest BCUT2D eigenvalue weighted by Gasteiger charge is 2.47. The van der Waals surface area contributed by atoms with E-state index in [1.54, 1.807) is 4.68 Å². The van der Waals surface area contributed by atoms with E-state index in [2.05, 4.69) is 20.6 Å². The van der Waals surface area contributed by atoms with Crippen molar-refractivity contribution in [3.8, 4) is 0 Å². The first-order chi connectivity index (χ1) is 17.7. The minimum Gasteiger partial charge on any atom is -0.323 e. The molecule has 0 radical (unpaired) electrons. The van der Waals surface area contributed by atoms with E-state index in [1.807, 2.05) is 12.4 Å². The first-order valence-corrected chi connectivity index (χ1v) is 13.8. The van der Waals surface area contributed by atoms with Crippen LogP contribution in [0.4, 0.5) is 18.9 Å². The molecule has 2 N–H and O–H groups in total. The number of rotatable bonds is 5. The number of aromatic nitrogens is 2. The fraction of sp³-hybridized carbons (Fsp3) is 0.630. The SMILES string of the molecule is O=C(Nc1ccc(C(F)(F)F)cc1Cl)C1(n2cc(C3CCN(C4CC5CNCC5C4)CC3)cn2)CCC1. The molecule has 6 nitrogen and oxygen atoms in total. The minimum atomic E-state index is -4.49. The summed E-state index contributed by atoms with van der Waals surface area (Å²) in [4.78, 5) is 16.0. The predicted molar refractivity (Wildman–Crippen MR) is 136 cm³/mol. The summed E-state index contributed by atoms with van der Waals surface area (Å²) in [5.74, 6) is 1.84. The van der Waals surface area contributed by atoms with Crippen molar-refractivity contribution in [2.24, 2.45) is 11.8 Å². The van der Waals surface area contributed by atoms with Gasteiger partial charge < -0.3 is 15.5 Å². The number of hydrogen-bond donors (Lipinski definition) is 2. The van der Waals surface area contributed by atoms with Gasteiger partial charge >= 0.3 is 6.18 Å². The molecule has 2 atom stereocenters. The number of likely N-dealkylation sites (tertiary alicyclic amines) is 1. The number of anilines is 1. The van der Waals surface area contributed by atoms with E-state index in [0.717, 1.165) is 62.4 Å². The molecule has 1 aromatic carbocycles. The molecule has 2 aliphatic carbocycles. The van der Waals surface area contributed by atoms with Crippen molar-refractivity contribution in [2.45, 2.75) is 68.6 Å². The second-order valence-corrected chi connectivity index (χ2v) is 11.8. The molecule has 37 heavy (non-hydrogen) atoms. The Labute approximate surface area is 219 Å². The van der Waals surface area contributed by atoms with E-state index in [9.17, 15) is 18.0 Å². The standard InChI is InChI=1S/C27H33ClF3N5O/c28-23-12-21(27(29,30)31)2-3-24(23)34-25(37)26(6-1-7-26)36-16-20(15-33-36)17-4-8-35(9-5-17)22-10-18-13-32-14-19(18)11-22/h2-3,12,15-19,22,32H,1,4-11,13-14H2,(H,34,37). The first-order valence-electron chi connectivity index (χ1n) is 13.4. The summed E-state index contributed by atoms with van der Waals surface area (Å²) in [5.41, 5.74) is -0.332. The van der Waals surface area contributed by atoms with Crippen molar-refractivity contribution < 1.29 is 18.0 Å². The van der Waals surface area contributed by atoms with Crippen LogP contribution in [0, 0.1) is 11.8 Å². The van der Waals surface area contributed by atoms with Gasteiger partial charge in [0.25, 0.3) is 5.91 Å². The number of benzene rings is 1. The topological polar surface area (TPSA) is 62.2 Å². The van der Waals surface area contributed by atoms with Crippen LogP contribution in [0.15, 0.2) is 30.6 Å². The van der Waals surface area contributed by atoms with Crippen LogP contribution in [0.25, 0.3) is 0 Å². The van der Waals surface area contributed by atoms with Crippen LogP contribution in [-0.2, 0) is 16.5 Å². The van der Waals surface area contributed by atoms with Gasteiger partial charge in [-0.3, -0.25) is 9.48 Å². The van der Waals surface area contributed by atoms with Gasteiger partial charge in [-0.15, -0.1) is 0 Å². The summed E-state index contributed by atoms with van der Waals surface area (Å²) in [6.07, 6.45) is 6.40. The molecule has 4 fully saturated rings. The Kier molecular flexibility index (Phi) is 6.52. The molecular formula is C27H33ClF3N5O. The molecule has 0 spiro atoms. The molecular weight excluding hydrogens is 503 g/mol. The summed E-state index contributed by atoms with van der Waals surface area (Å²) in [6.45, 7) is 4.56. The van der Waals surface area contributed by atoms with Crippen molar-refractivity contribution in [1.29, 1.82) is 0 Å². The number of alkyl halides is 3. The van der Waals surface area contributed by atoms with Gasteiger partial charge in [0.05, 0.1) is 22.5 Å². The molecule has 1 amide bonds. The zero-order valence-electron chi connectivity index (χ0n) is 20.7. The molecule has 2 unspecified atom stereocenters. The molecule has 6 rings (SSSR count). The highest BCUT2D eigenvalue weighted by Crippen LogP contribution is 2.43.